The van der Waals surface area contributed by atoms with E-state index in [9.17, 15) is 9.18 Å². The normalized spacial score (nSPS) is 14.4. The second-order valence-corrected chi connectivity index (χ2v) is 6.56. The first-order valence-corrected chi connectivity index (χ1v) is 8.73. The Labute approximate surface area is 151 Å². The summed E-state index contributed by atoms with van der Waals surface area (Å²) in [5.74, 6) is -0.122. The number of piperidine rings is 1. The lowest BCUT2D eigenvalue weighted by Crippen LogP contribution is -2.32. The van der Waals surface area contributed by atoms with E-state index in [-0.39, 0.29) is 23.0 Å². The summed E-state index contributed by atoms with van der Waals surface area (Å²) in [7, 11) is 0. The van der Waals surface area contributed by atoms with Gasteiger partial charge in [-0.15, -0.1) is 0 Å². The van der Waals surface area contributed by atoms with Crippen molar-refractivity contribution in [1.82, 2.24) is 15.3 Å². The molecule has 0 unspecified atom stereocenters. The number of aryl methyl sites for hydroxylation is 1. The highest BCUT2D eigenvalue weighted by atomic mass is 35.5. The van der Waals surface area contributed by atoms with E-state index in [1.165, 1.54) is 18.6 Å². The highest BCUT2D eigenvalue weighted by Gasteiger charge is 2.15. The number of hydrogen-bond donors (Lipinski definition) is 1. The minimum absolute atomic E-state index is 0.0883. The van der Waals surface area contributed by atoms with Crippen molar-refractivity contribution in [3.8, 4) is 0 Å². The van der Waals surface area contributed by atoms with Crippen molar-refractivity contribution in [3.05, 3.63) is 52.1 Å². The summed E-state index contributed by atoms with van der Waals surface area (Å²) < 4.78 is 13.1. The molecule has 1 aromatic carbocycles. The number of nitrogens with zero attached hydrogens (tertiary/aromatic N) is 3. The first-order valence-electron chi connectivity index (χ1n) is 8.36. The molecular formula is C18H20ClFN4O. The van der Waals surface area contributed by atoms with Crippen LogP contribution in [0.25, 0.3) is 0 Å². The Balaban J connectivity index is 1.70. The SMILES string of the molecule is Cc1cc(CNC(=O)c2ccc(F)cc2Cl)nc(N2CCCCC2)n1. The molecule has 2 heterocycles. The lowest BCUT2D eigenvalue weighted by atomic mass is 10.1. The van der Waals surface area contributed by atoms with E-state index in [1.54, 1.807) is 0 Å². The Kier molecular flexibility index (Phi) is 5.48. The molecule has 0 atom stereocenters. The Morgan fingerprint density at radius 1 is 1.24 bits per heavy atom. The lowest BCUT2D eigenvalue weighted by Gasteiger charge is -2.27. The Morgan fingerprint density at radius 2 is 2.00 bits per heavy atom. The molecule has 1 fully saturated rings. The molecule has 1 saturated heterocycles. The number of carbonyl (C=O) groups excluding carboxylic acids is 1. The summed E-state index contributed by atoms with van der Waals surface area (Å²) >= 11 is 5.93. The van der Waals surface area contributed by atoms with Gasteiger partial charge in [-0.1, -0.05) is 11.6 Å². The van der Waals surface area contributed by atoms with Crippen LogP contribution in [-0.4, -0.2) is 29.0 Å². The standard InChI is InChI=1S/C18H20ClFN4O/c1-12-9-14(23-18(22-12)24-7-3-2-4-8-24)11-21-17(25)15-6-5-13(20)10-16(15)19/h5-6,9-10H,2-4,7-8,11H2,1H3,(H,21,25). The molecule has 1 aromatic heterocycles. The molecule has 0 spiro atoms. The second-order valence-electron chi connectivity index (χ2n) is 6.16. The average Bonchev–Trinajstić information content (AvgIpc) is 2.60. The van der Waals surface area contributed by atoms with Crippen LogP contribution in [0.4, 0.5) is 10.3 Å². The predicted molar refractivity (Wildman–Crippen MR) is 95.4 cm³/mol. The number of aromatic nitrogens is 2. The van der Waals surface area contributed by atoms with Crippen molar-refractivity contribution in [2.24, 2.45) is 0 Å². The molecule has 3 rings (SSSR count). The van der Waals surface area contributed by atoms with Gasteiger partial charge in [-0.25, -0.2) is 14.4 Å². The van der Waals surface area contributed by atoms with Crippen LogP contribution in [0.5, 0.6) is 0 Å². The monoisotopic (exact) mass is 362 g/mol. The first kappa shape index (κ1) is 17.6. The quantitative estimate of drug-likeness (QED) is 0.904. The molecule has 132 valence electrons. The number of amides is 1. The van der Waals surface area contributed by atoms with E-state index >= 15 is 0 Å². The van der Waals surface area contributed by atoms with Crippen molar-refractivity contribution >= 4 is 23.5 Å². The van der Waals surface area contributed by atoms with Gasteiger partial charge in [-0.3, -0.25) is 4.79 Å². The number of hydrogen-bond acceptors (Lipinski definition) is 4. The Hall–Kier alpha value is -2.21. The van der Waals surface area contributed by atoms with Crippen molar-refractivity contribution in [3.63, 3.8) is 0 Å². The zero-order chi connectivity index (χ0) is 17.8. The van der Waals surface area contributed by atoms with Crippen LogP contribution in [0.2, 0.25) is 5.02 Å². The topological polar surface area (TPSA) is 58.1 Å². The molecular weight excluding hydrogens is 343 g/mol. The van der Waals surface area contributed by atoms with E-state index in [0.29, 0.717) is 5.95 Å². The van der Waals surface area contributed by atoms with Crippen LogP contribution in [0, 0.1) is 12.7 Å². The fraction of sp³-hybridized carbons (Fsp3) is 0.389. The summed E-state index contributed by atoms with van der Waals surface area (Å²) in [4.78, 5) is 23.5. The van der Waals surface area contributed by atoms with Gasteiger partial charge >= 0.3 is 0 Å². The Morgan fingerprint density at radius 3 is 2.72 bits per heavy atom. The van der Waals surface area contributed by atoms with E-state index in [1.807, 2.05) is 13.0 Å². The van der Waals surface area contributed by atoms with Gasteiger partial charge in [0.2, 0.25) is 5.95 Å². The summed E-state index contributed by atoms with van der Waals surface area (Å²) in [6.45, 7) is 4.09. The Bertz CT molecular complexity index is 778. The van der Waals surface area contributed by atoms with Crippen LogP contribution < -0.4 is 10.2 Å². The largest absolute Gasteiger partial charge is 0.346 e. The highest BCUT2D eigenvalue weighted by molar-refractivity contribution is 6.33. The molecule has 5 nitrogen and oxygen atoms in total. The zero-order valence-corrected chi connectivity index (χ0v) is 14.8. The maximum Gasteiger partial charge on any atom is 0.253 e. The molecule has 0 saturated carbocycles. The van der Waals surface area contributed by atoms with E-state index in [0.717, 1.165) is 43.4 Å². The molecule has 1 aliphatic heterocycles. The molecule has 0 aliphatic carbocycles. The number of carbonyl (C=O) groups is 1. The van der Waals surface area contributed by atoms with E-state index in [2.05, 4.69) is 20.2 Å². The van der Waals surface area contributed by atoms with Gasteiger partial charge in [0.15, 0.2) is 0 Å². The van der Waals surface area contributed by atoms with Crippen LogP contribution in [0.3, 0.4) is 0 Å². The summed E-state index contributed by atoms with van der Waals surface area (Å²) in [5.41, 5.74) is 1.84. The molecule has 7 heteroatoms. The van der Waals surface area contributed by atoms with Gasteiger partial charge in [0.25, 0.3) is 5.91 Å². The van der Waals surface area contributed by atoms with Crippen molar-refractivity contribution in [2.45, 2.75) is 32.7 Å². The zero-order valence-electron chi connectivity index (χ0n) is 14.1. The van der Waals surface area contributed by atoms with Gasteiger partial charge in [0, 0.05) is 18.8 Å². The average molecular weight is 363 g/mol. The maximum atomic E-state index is 13.1. The summed E-state index contributed by atoms with van der Waals surface area (Å²) in [6.07, 6.45) is 3.53. The number of anilines is 1. The molecule has 0 bridgehead atoms. The molecule has 2 aromatic rings. The minimum atomic E-state index is -0.473. The van der Waals surface area contributed by atoms with Crippen LogP contribution in [-0.2, 0) is 6.54 Å². The van der Waals surface area contributed by atoms with Crippen molar-refractivity contribution < 1.29 is 9.18 Å². The van der Waals surface area contributed by atoms with Crippen LogP contribution in [0.1, 0.15) is 41.0 Å². The number of halogens is 2. The van der Waals surface area contributed by atoms with E-state index in [4.69, 9.17) is 11.6 Å². The minimum Gasteiger partial charge on any atom is -0.346 e. The highest BCUT2D eigenvalue weighted by Crippen LogP contribution is 2.18. The van der Waals surface area contributed by atoms with Gasteiger partial charge in [0.1, 0.15) is 5.82 Å². The number of rotatable bonds is 4. The number of nitrogens with one attached hydrogen (secondary N) is 1. The number of benzene rings is 1. The predicted octanol–water partition coefficient (Wildman–Crippen LogP) is 3.50. The van der Waals surface area contributed by atoms with Crippen LogP contribution >= 0.6 is 11.6 Å². The van der Waals surface area contributed by atoms with Gasteiger partial charge in [0.05, 0.1) is 22.8 Å². The van der Waals surface area contributed by atoms with E-state index < -0.39 is 5.82 Å². The van der Waals surface area contributed by atoms with Gasteiger partial charge < -0.3 is 10.2 Å². The molecule has 1 amide bonds. The third-order valence-corrected chi connectivity index (χ3v) is 4.45. The van der Waals surface area contributed by atoms with Crippen molar-refractivity contribution in [2.75, 3.05) is 18.0 Å². The summed E-state index contributed by atoms with van der Waals surface area (Å²) in [5, 5.41) is 2.87. The third-order valence-electron chi connectivity index (χ3n) is 4.14. The molecule has 0 radical (unpaired) electrons. The second kappa shape index (κ2) is 7.78. The van der Waals surface area contributed by atoms with Crippen molar-refractivity contribution in [1.29, 1.82) is 0 Å². The fourth-order valence-corrected chi connectivity index (χ4v) is 3.14. The third kappa shape index (κ3) is 4.45. The molecule has 1 aliphatic rings. The first-order chi connectivity index (χ1) is 12.0. The van der Waals surface area contributed by atoms with Crippen LogP contribution in [0.15, 0.2) is 24.3 Å². The summed E-state index contributed by atoms with van der Waals surface area (Å²) in [6, 6.07) is 5.56. The lowest BCUT2D eigenvalue weighted by molar-refractivity contribution is 0.0950. The fourth-order valence-electron chi connectivity index (χ4n) is 2.88. The smallest absolute Gasteiger partial charge is 0.253 e. The molecule has 25 heavy (non-hydrogen) atoms. The van der Waals surface area contributed by atoms with Gasteiger partial charge in [-0.2, -0.15) is 0 Å². The maximum absolute atomic E-state index is 13.1. The molecule has 1 N–H and O–H groups in total. The van der Waals surface area contributed by atoms with Gasteiger partial charge in [-0.05, 0) is 50.5 Å².